The SMILES string of the molecule is Cc1ccc(Cl)c(NC(=O)CN2CCN(c3ncnc4c3cnn4C)CC2)c1Cl. The number of carbonyl (C=O) groups excluding carboxylic acids is 1. The van der Waals surface area contributed by atoms with E-state index in [4.69, 9.17) is 23.2 Å². The molecule has 1 fully saturated rings. The van der Waals surface area contributed by atoms with E-state index >= 15 is 0 Å². The highest BCUT2D eigenvalue weighted by molar-refractivity contribution is 6.40. The van der Waals surface area contributed by atoms with Gasteiger partial charge in [0.2, 0.25) is 5.91 Å². The van der Waals surface area contributed by atoms with Crippen molar-refractivity contribution in [2.45, 2.75) is 6.92 Å². The molecule has 3 heterocycles. The number of carbonyl (C=O) groups is 1. The first-order chi connectivity index (χ1) is 13.9. The largest absolute Gasteiger partial charge is 0.353 e. The quantitative estimate of drug-likeness (QED) is 0.681. The lowest BCUT2D eigenvalue weighted by molar-refractivity contribution is -0.117. The summed E-state index contributed by atoms with van der Waals surface area (Å²) in [5, 5.41) is 8.96. The lowest BCUT2D eigenvalue weighted by Gasteiger charge is -2.35. The van der Waals surface area contributed by atoms with Crippen molar-refractivity contribution in [2.75, 3.05) is 42.9 Å². The van der Waals surface area contributed by atoms with Crippen LogP contribution in [-0.4, -0.2) is 63.3 Å². The Labute approximate surface area is 178 Å². The molecule has 3 aromatic rings. The summed E-state index contributed by atoms with van der Waals surface area (Å²) >= 11 is 12.5. The second-order valence-electron chi connectivity index (χ2n) is 7.07. The number of hydrogen-bond acceptors (Lipinski definition) is 6. The molecule has 10 heteroatoms. The van der Waals surface area contributed by atoms with E-state index in [2.05, 4.69) is 30.2 Å². The first-order valence-corrected chi connectivity index (χ1v) is 10.0. The second kappa shape index (κ2) is 8.14. The lowest BCUT2D eigenvalue weighted by atomic mass is 10.2. The standard InChI is InChI=1S/C19H21Cl2N7O/c1-12-3-4-14(20)17(16(12)21)25-15(29)10-27-5-7-28(8-6-27)19-13-9-24-26(2)18(13)22-11-23-19/h3-4,9,11H,5-8,10H2,1-2H3,(H,25,29). The van der Waals surface area contributed by atoms with Gasteiger partial charge in [-0.15, -0.1) is 0 Å². The van der Waals surface area contributed by atoms with Gasteiger partial charge >= 0.3 is 0 Å². The molecule has 2 aromatic heterocycles. The first-order valence-electron chi connectivity index (χ1n) is 9.28. The van der Waals surface area contributed by atoms with E-state index in [-0.39, 0.29) is 12.5 Å². The minimum Gasteiger partial charge on any atom is -0.353 e. The van der Waals surface area contributed by atoms with Gasteiger partial charge in [0.1, 0.15) is 12.1 Å². The highest BCUT2D eigenvalue weighted by atomic mass is 35.5. The predicted octanol–water partition coefficient (Wildman–Crippen LogP) is 2.74. The Hall–Kier alpha value is -2.42. The van der Waals surface area contributed by atoms with Gasteiger partial charge in [-0.3, -0.25) is 14.4 Å². The topological polar surface area (TPSA) is 79.2 Å². The van der Waals surface area contributed by atoms with Crippen molar-refractivity contribution in [3.63, 3.8) is 0 Å². The van der Waals surface area contributed by atoms with Crippen LogP contribution < -0.4 is 10.2 Å². The fourth-order valence-electron chi connectivity index (χ4n) is 3.47. The molecule has 0 atom stereocenters. The molecule has 0 aliphatic carbocycles. The first kappa shape index (κ1) is 19.9. The summed E-state index contributed by atoms with van der Waals surface area (Å²) < 4.78 is 1.74. The molecule has 8 nitrogen and oxygen atoms in total. The van der Waals surface area contributed by atoms with Crippen molar-refractivity contribution in [3.05, 3.63) is 40.3 Å². The third-order valence-corrected chi connectivity index (χ3v) is 5.90. The maximum absolute atomic E-state index is 12.5. The Bertz CT molecular complexity index is 1060. The molecule has 0 spiro atoms. The number of piperazine rings is 1. The molecular weight excluding hydrogens is 413 g/mol. The molecule has 1 aromatic carbocycles. The van der Waals surface area contributed by atoms with Crippen LogP contribution in [0.5, 0.6) is 0 Å². The smallest absolute Gasteiger partial charge is 0.238 e. The molecule has 152 valence electrons. The van der Waals surface area contributed by atoms with Gasteiger partial charge in [-0.1, -0.05) is 29.3 Å². The van der Waals surface area contributed by atoms with Gasteiger partial charge in [0.15, 0.2) is 5.65 Å². The molecule has 1 amide bonds. The second-order valence-corrected chi connectivity index (χ2v) is 7.85. The van der Waals surface area contributed by atoms with Gasteiger partial charge in [0.05, 0.1) is 33.9 Å². The van der Waals surface area contributed by atoms with Crippen molar-refractivity contribution in [2.24, 2.45) is 7.05 Å². The van der Waals surface area contributed by atoms with Crippen LogP contribution in [0.1, 0.15) is 5.56 Å². The number of aromatic nitrogens is 4. The van der Waals surface area contributed by atoms with Crippen LogP contribution in [0.15, 0.2) is 24.7 Å². The van der Waals surface area contributed by atoms with Gasteiger partial charge in [0, 0.05) is 33.2 Å². The van der Waals surface area contributed by atoms with Gasteiger partial charge in [-0.25, -0.2) is 9.97 Å². The average molecular weight is 434 g/mol. The number of anilines is 2. The zero-order valence-corrected chi connectivity index (χ0v) is 17.7. The maximum atomic E-state index is 12.5. The molecule has 1 saturated heterocycles. The molecule has 0 bridgehead atoms. The molecule has 1 aliphatic heterocycles. The molecule has 0 unspecified atom stereocenters. The fourth-order valence-corrected chi connectivity index (χ4v) is 3.94. The zero-order chi connectivity index (χ0) is 20.5. The van der Waals surface area contributed by atoms with Crippen LogP contribution in [-0.2, 0) is 11.8 Å². The third kappa shape index (κ3) is 4.01. The number of fused-ring (bicyclic) bond motifs is 1. The van der Waals surface area contributed by atoms with Crippen LogP contribution in [0.2, 0.25) is 10.0 Å². The number of rotatable bonds is 4. The minimum absolute atomic E-state index is 0.135. The molecule has 1 N–H and O–H groups in total. The van der Waals surface area contributed by atoms with Gasteiger partial charge in [-0.05, 0) is 18.6 Å². The molecule has 29 heavy (non-hydrogen) atoms. The average Bonchev–Trinajstić information content (AvgIpc) is 3.10. The number of nitrogens with one attached hydrogen (secondary N) is 1. The fraction of sp³-hybridized carbons (Fsp3) is 0.368. The van der Waals surface area contributed by atoms with Crippen molar-refractivity contribution >= 4 is 51.6 Å². The van der Waals surface area contributed by atoms with Gasteiger partial charge in [-0.2, -0.15) is 5.10 Å². The molecule has 0 radical (unpaired) electrons. The van der Waals surface area contributed by atoms with E-state index < -0.39 is 0 Å². The number of benzene rings is 1. The van der Waals surface area contributed by atoms with Crippen LogP contribution in [0.3, 0.4) is 0 Å². The minimum atomic E-state index is -0.135. The Balaban J connectivity index is 1.38. The van der Waals surface area contributed by atoms with Crippen molar-refractivity contribution in [1.29, 1.82) is 0 Å². The van der Waals surface area contributed by atoms with E-state index in [1.807, 2.05) is 20.0 Å². The van der Waals surface area contributed by atoms with Crippen LogP contribution in [0.4, 0.5) is 11.5 Å². The normalized spacial score (nSPS) is 15.1. The zero-order valence-electron chi connectivity index (χ0n) is 16.2. The van der Waals surface area contributed by atoms with Crippen LogP contribution in [0, 0.1) is 6.92 Å². The Morgan fingerprint density at radius 3 is 2.69 bits per heavy atom. The van der Waals surface area contributed by atoms with Crippen molar-refractivity contribution in [3.8, 4) is 0 Å². The van der Waals surface area contributed by atoms with Crippen molar-refractivity contribution in [1.82, 2.24) is 24.6 Å². The van der Waals surface area contributed by atoms with E-state index in [9.17, 15) is 4.79 Å². The molecule has 1 aliphatic rings. The molecule has 4 rings (SSSR count). The Kier molecular flexibility index (Phi) is 5.58. The summed E-state index contributed by atoms with van der Waals surface area (Å²) in [6.07, 6.45) is 3.36. The summed E-state index contributed by atoms with van der Waals surface area (Å²) in [6.45, 7) is 5.17. The lowest BCUT2D eigenvalue weighted by Crippen LogP contribution is -2.49. The number of nitrogens with zero attached hydrogens (tertiary/aromatic N) is 6. The highest BCUT2D eigenvalue weighted by Crippen LogP contribution is 2.32. The maximum Gasteiger partial charge on any atom is 0.238 e. The summed E-state index contributed by atoms with van der Waals surface area (Å²) in [6, 6.07) is 3.56. The molecule has 0 saturated carbocycles. The summed E-state index contributed by atoms with van der Waals surface area (Å²) in [7, 11) is 1.86. The monoisotopic (exact) mass is 433 g/mol. The van der Waals surface area contributed by atoms with Gasteiger partial charge in [0.25, 0.3) is 0 Å². The van der Waals surface area contributed by atoms with Crippen LogP contribution >= 0.6 is 23.2 Å². The number of aryl methyl sites for hydroxylation is 2. The van der Waals surface area contributed by atoms with E-state index in [1.165, 1.54) is 0 Å². The summed E-state index contributed by atoms with van der Waals surface area (Å²) in [5.41, 5.74) is 2.15. The summed E-state index contributed by atoms with van der Waals surface area (Å²) in [5.74, 6) is 0.745. The number of halogens is 2. The summed E-state index contributed by atoms with van der Waals surface area (Å²) in [4.78, 5) is 25.6. The molecular formula is C19H21Cl2N7O. The number of hydrogen-bond donors (Lipinski definition) is 1. The van der Waals surface area contributed by atoms with Crippen molar-refractivity contribution < 1.29 is 4.79 Å². The van der Waals surface area contributed by atoms with E-state index in [0.717, 1.165) is 48.6 Å². The van der Waals surface area contributed by atoms with Gasteiger partial charge < -0.3 is 10.2 Å². The predicted molar refractivity (Wildman–Crippen MR) is 115 cm³/mol. The Morgan fingerprint density at radius 2 is 1.93 bits per heavy atom. The van der Waals surface area contributed by atoms with E-state index in [0.29, 0.717) is 15.7 Å². The highest BCUT2D eigenvalue weighted by Gasteiger charge is 2.23. The Morgan fingerprint density at radius 1 is 1.17 bits per heavy atom. The third-order valence-electron chi connectivity index (χ3n) is 5.10. The van der Waals surface area contributed by atoms with Crippen LogP contribution in [0.25, 0.3) is 11.0 Å². The van der Waals surface area contributed by atoms with E-state index in [1.54, 1.807) is 23.3 Å². The number of amides is 1.